The zero-order valence-corrected chi connectivity index (χ0v) is 11.9. The van der Waals surface area contributed by atoms with Crippen LogP contribution >= 0.6 is 0 Å². The number of rotatable bonds is 1. The molecule has 2 aromatic rings. The molecule has 1 aromatic heterocycles. The minimum atomic E-state index is 0.101. The first-order valence-corrected chi connectivity index (χ1v) is 6.76. The predicted octanol–water partition coefficient (Wildman–Crippen LogP) is 4.75. The van der Waals surface area contributed by atoms with Crippen molar-refractivity contribution in [3.05, 3.63) is 46.8 Å². The maximum absolute atomic E-state index is 3.54. The average Bonchev–Trinajstić information content (AvgIpc) is 2.78. The van der Waals surface area contributed by atoms with Gasteiger partial charge in [-0.2, -0.15) is 0 Å². The second-order valence-corrected chi connectivity index (χ2v) is 6.33. The summed E-state index contributed by atoms with van der Waals surface area (Å²) in [6, 6.07) is 9.24. The predicted molar refractivity (Wildman–Crippen MR) is 77.2 cm³/mol. The molecule has 0 unspecified atom stereocenters. The van der Waals surface area contributed by atoms with Gasteiger partial charge >= 0.3 is 0 Å². The lowest BCUT2D eigenvalue weighted by Crippen LogP contribution is -2.16. The van der Waals surface area contributed by atoms with Crippen LogP contribution in [-0.2, 0) is 5.41 Å². The van der Waals surface area contributed by atoms with Crippen LogP contribution < -0.4 is 0 Å². The number of hydrogen-bond acceptors (Lipinski definition) is 0. The number of fused-ring (bicyclic) bond motifs is 3. The number of aromatic amines is 1. The van der Waals surface area contributed by atoms with E-state index < -0.39 is 0 Å². The Hall–Kier alpha value is -1.50. The molecule has 1 heteroatoms. The van der Waals surface area contributed by atoms with E-state index in [0.29, 0.717) is 5.92 Å². The number of nitrogens with one attached hydrogen (secondary N) is 1. The Morgan fingerprint density at radius 2 is 1.78 bits per heavy atom. The summed E-state index contributed by atoms with van der Waals surface area (Å²) in [7, 11) is 0. The summed E-state index contributed by atoms with van der Waals surface area (Å²) < 4.78 is 0. The molecule has 1 nitrogen and oxygen atoms in total. The van der Waals surface area contributed by atoms with Crippen molar-refractivity contribution in [3.63, 3.8) is 0 Å². The van der Waals surface area contributed by atoms with Gasteiger partial charge in [0, 0.05) is 22.4 Å². The molecular formula is C17H21N. The molecule has 0 bridgehead atoms. The summed E-state index contributed by atoms with van der Waals surface area (Å²) in [5, 5.41) is 0. The lowest BCUT2D eigenvalue weighted by atomic mass is 9.83. The third-order valence-electron chi connectivity index (χ3n) is 4.25. The first kappa shape index (κ1) is 11.6. The highest BCUT2D eigenvalue weighted by atomic mass is 14.8. The molecule has 1 aromatic carbocycles. The van der Waals surface area contributed by atoms with E-state index in [-0.39, 0.29) is 5.41 Å². The van der Waals surface area contributed by atoms with Gasteiger partial charge in [0.15, 0.2) is 0 Å². The van der Waals surface area contributed by atoms with Crippen LogP contribution in [0.3, 0.4) is 0 Å². The zero-order valence-electron chi connectivity index (χ0n) is 11.9. The molecule has 0 aliphatic heterocycles. The second kappa shape index (κ2) is 3.50. The van der Waals surface area contributed by atoms with Gasteiger partial charge < -0.3 is 4.98 Å². The minimum Gasteiger partial charge on any atom is -0.361 e. The molecule has 3 rings (SSSR count). The fourth-order valence-corrected chi connectivity index (χ4v) is 3.10. The van der Waals surface area contributed by atoms with Crippen LogP contribution in [0.1, 0.15) is 56.1 Å². The Balaban J connectivity index is 2.26. The molecule has 0 amide bonds. The van der Waals surface area contributed by atoms with Crippen LogP contribution in [-0.4, -0.2) is 4.98 Å². The lowest BCUT2D eigenvalue weighted by molar-refractivity contribution is 0.636. The third-order valence-corrected chi connectivity index (χ3v) is 4.25. The van der Waals surface area contributed by atoms with Gasteiger partial charge in [-0.1, -0.05) is 45.9 Å². The van der Waals surface area contributed by atoms with E-state index in [1.165, 1.54) is 33.6 Å². The molecule has 94 valence electrons. The fraction of sp³-hybridized carbons (Fsp3) is 0.412. The van der Waals surface area contributed by atoms with E-state index in [9.17, 15) is 0 Å². The number of benzene rings is 1. The number of aryl methyl sites for hydroxylation is 1. The molecule has 0 saturated heterocycles. The topological polar surface area (TPSA) is 15.8 Å². The highest BCUT2D eigenvalue weighted by molar-refractivity contribution is 5.80. The molecule has 1 heterocycles. The Labute approximate surface area is 109 Å². The summed E-state index contributed by atoms with van der Waals surface area (Å²) in [5.74, 6) is 0.590. The first-order chi connectivity index (χ1) is 8.41. The van der Waals surface area contributed by atoms with Crippen molar-refractivity contribution < 1.29 is 0 Å². The van der Waals surface area contributed by atoms with Gasteiger partial charge in [0.05, 0.1) is 0 Å². The molecule has 18 heavy (non-hydrogen) atoms. The zero-order chi connectivity index (χ0) is 13.1. The minimum absolute atomic E-state index is 0.101. The highest BCUT2D eigenvalue weighted by Crippen LogP contribution is 2.49. The van der Waals surface area contributed by atoms with Crippen LogP contribution in [0.25, 0.3) is 11.1 Å². The van der Waals surface area contributed by atoms with Crippen LogP contribution in [0, 0.1) is 6.92 Å². The molecule has 0 fully saturated rings. The van der Waals surface area contributed by atoms with Gasteiger partial charge in [0.2, 0.25) is 0 Å². The summed E-state index contributed by atoms with van der Waals surface area (Å²) in [6.07, 6.45) is 0. The van der Waals surface area contributed by atoms with Gasteiger partial charge in [0.1, 0.15) is 0 Å². The van der Waals surface area contributed by atoms with Crippen molar-refractivity contribution >= 4 is 0 Å². The Kier molecular flexibility index (Phi) is 2.25. The summed E-state index contributed by atoms with van der Waals surface area (Å²) in [6.45, 7) is 11.3. The summed E-state index contributed by atoms with van der Waals surface area (Å²) in [4.78, 5) is 3.54. The average molecular weight is 239 g/mol. The Bertz CT molecular complexity index is 615. The van der Waals surface area contributed by atoms with E-state index in [4.69, 9.17) is 0 Å². The van der Waals surface area contributed by atoms with Crippen LogP contribution in [0.2, 0.25) is 0 Å². The largest absolute Gasteiger partial charge is 0.361 e. The van der Waals surface area contributed by atoms with Gasteiger partial charge in [-0.25, -0.2) is 0 Å². The molecule has 0 saturated carbocycles. The first-order valence-electron chi connectivity index (χ1n) is 6.76. The van der Waals surface area contributed by atoms with Crippen molar-refractivity contribution in [2.45, 2.75) is 46.0 Å². The second-order valence-electron chi connectivity index (χ2n) is 6.33. The SMILES string of the molecule is Cc1cc2c([nH]1)C(C)(C)c1cc(C(C)C)ccc1-2. The Morgan fingerprint density at radius 3 is 2.44 bits per heavy atom. The quantitative estimate of drug-likeness (QED) is 0.739. The lowest BCUT2D eigenvalue weighted by Gasteiger charge is -2.21. The van der Waals surface area contributed by atoms with Crippen molar-refractivity contribution in [3.8, 4) is 11.1 Å². The molecule has 0 radical (unpaired) electrons. The highest BCUT2D eigenvalue weighted by Gasteiger charge is 2.37. The summed E-state index contributed by atoms with van der Waals surface area (Å²) in [5.41, 5.74) is 8.43. The van der Waals surface area contributed by atoms with Crippen molar-refractivity contribution in [2.24, 2.45) is 0 Å². The fourth-order valence-electron chi connectivity index (χ4n) is 3.10. The van der Waals surface area contributed by atoms with Crippen LogP contribution in [0.15, 0.2) is 24.3 Å². The van der Waals surface area contributed by atoms with Crippen molar-refractivity contribution in [1.29, 1.82) is 0 Å². The molecule has 0 atom stereocenters. The van der Waals surface area contributed by atoms with Crippen molar-refractivity contribution in [2.75, 3.05) is 0 Å². The van der Waals surface area contributed by atoms with Gasteiger partial charge in [-0.3, -0.25) is 0 Å². The van der Waals surface area contributed by atoms with E-state index in [1.807, 2.05) is 0 Å². The van der Waals surface area contributed by atoms with Gasteiger partial charge in [-0.05, 0) is 35.6 Å². The standard InChI is InChI=1S/C17H21N/c1-10(2)12-6-7-13-14-8-11(3)18-16(14)17(4,5)15(13)9-12/h6-10,18H,1-5H3. The third kappa shape index (κ3) is 1.40. The monoisotopic (exact) mass is 239 g/mol. The van der Waals surface area contributed by atoms with Gasteiger partial charge in [0.25, 0.3) is 0 Å². The van der Waals surface area contributed by atoms with Crippen molar-refractivity contribution in [1.82, 2.24) is 4.98 Å². The number of H-pyrrole nitrogens is 1. The number of hydrogen-bond donors (Lipinski definition) is 1. The maximum Gasteiger partial charge on any atom is 0.0331 e. The normalized spacial score (nSPS) is 15.9. The molecule has 1 N–H and O–H groups in total. The molecule has 1 aliphatic rings. The molecule has 0 spiro atoms. The van der Waals surface area contributed by atoms with E-state index >= 15 is 0 Å². The maximum atomic E-state index is 3.54. The van der Waals surface area contributed by atoms with E-state index in [0.717, 1.165) is 0 Å². The molecule has 1 aliphatic carbocycles. The Morgan fingerprint density at radius 1 is 1.06 bits per heavy atom. The summed E-state index contributed by atoms with van der Waals surface area (Å²) >= 11 is 0. The van der Waals surface area contributed by atoms with Crippen LogP contribution in [0.5, 0.6) is 0 Å². The van der Waals surface area contributed by atoms with Gasteiger partial charge in [-0.15, -0.1) is 0 Å². The number of aromatic nitrogens is 1. The molecular weight excluding hydrogens is 218 g/mol. The van der Waals surface area contributed by atoms with E-state index in [1.54, 1.807) is 0 Å². The smallest absolute Gasteiger partial charge is 0.0331 e. The van der Waals surface area contributed by atoms with Crippen LogP contribution in [0.4, 0.5) is 0 Å². The van der Waals surface area contributed by atoms with E-state index in [2.05, 4.69) is 63.9 Å².